The number of urea groups is 1. The Morgan fingerprint density at radius 1 is 1.28 bits per heavy atom. The molecule has 2 atom stereocenters. The summed E-state index contributed by atoms with van der Waals surface area (Å²) in [7, 11) is 0. The molecule has 0 bridgehead atoms. The number of aliphatic hydroxyl groups excluding tert-OH is 1. The molecular formula is C10H19N3O5. The van der Waals surface area contributed by atoms with Crippen molar-refractivity contribution in [2.24, 2.45) is 11.7 Å². The van der Waals surface area contributed by atoms with Gasteiger partial charge < -0.3 is 26.6 Å². The molecule has 8 heteroatoms. The highest BCUT2D eigenvalue weighted by Crippen LogP contribution is 2.01. The molecule has 0 rings (SSSR count). The van der Waals surface area contributed by atoms with E-state index in [0.29, 0.717) is 0 Å². The maximum Gasteiger partial charge on any atom is 0.332 e. The Morgan fingerprint density at radius 3 is 2.22 bits per heavy atom. The number of carbonyl (C=O) groups excluding carboxylic acids is 2. The molecule has 6 N–H and O–H groups in total. The Kier molecular flexibility index (Phi) is 6.73. The van der Waals surface area contributed by atoms with Crippen LogP contribution in [0.1, 0.15) is 20.3 Å². The van der Waals surface area contributed by atoms with Gasteiger partial charge in [0.15, 0.2) is 6.10 Å². The van der Waals surface area contributed by atoms with Crippen molar-refractivity contribution in [3.8, 4) is 0 Å². The van der Waals surface area contributed by atoms with Crippen LogP contribution in [0.5, 0.6) is 0 Å². The zero-order valence-corrected chi connectivity index (χ0v) is 10.3. The lowest BCUT2D eigenvalue weighted by Gasteiger charge is -2.20. The molecule has 0 aliphatic rings. The number of nitrogens with one attached hydrogen (secondary N) is 2. The van der Waals surface area contributed by atoms with E-state index in [1.165, 1.54) is 0 Å². The fraction of sp³-hybridized carbons (Fsp3) is 0.700. The summed E-state index contributed by atoms with van der Waals surface area (Å²) in [6, 6.07) is -1.60. The number of carbonyl (C=O) groups is 3. The van der Waals surface area contributed by atoms with Gasteiger partial charge >= 0.3 is 12.0 Å². The number of aliphatic hydroxyl groups is 1. The van der Waals surface area contributed by atoms with Crippen LogP contribution in [-0.2, 0) is 9.59 Å². The molecule has 0 aromatic rings. The molecule has 0 aromatic carbocycles. The summed E-state index contributed by atoms with van der Waals surface area (Å²) in [5.41, 5.74) is 4.94. The van der Waals surface area contributed by atoms with Gasteiger partial charge in [-0.3, -0.25) is 4.79 Å². The lowest BCUT2D eigenvalue weighted by molar-refractivity contribution is -0.147. The van der Waals surface area contributed by atoms with Gasteiger partial charge in [-0.1, -0.05) is 13.8 Å². The van der Waals surface area contributed by atoms with Crippen molar-refractivity contribution in [3.05, 3.63) is 0 Å². The summed E-state index contributed by atoms with van der Waals surface area (Å²) < 4.78 is 0. The number of aliphatic carboxylic acids is 1. The Bertz CT molecular complexity index is 319. The molecule has 0 saturated heterocycles. The zero-order chi connectivity index (χ0) is 14.3. The number of amides is 3. The molecule has 3 amide bonds. The molecular weight excluding hydrogens is 242 g/mol. The third-order valence-corrected chi connectivity index (χ3v) is 2.25. The number of rotatable bonds is 7. The van der Waals surface area contributed by atoms with Crippen LogP contribution in [0.25, 0.3) is 0 Å². The molecule has 0 radical (unpaired) electrons. The van der Waals surface area contributed by atoms with Crippen molar-refractivity contribution in [2.45, 2.75) is 32.4 Å². The average molecular weight is 261 g/mol. The lowest BCUT2D eigenvalue weighted by atomic mass is 10.0. The summed E-state index contributed by atoms with van der Waals surface area (Å²) >= 11 is 0. The van der Waals surface area contributed by atoms with E-state index in [0.717, 1.165) is 0 Å². The van der Waals surface area contributed by atoms with Crippen molar-refractivity contribution < 1.29 is 24.6 Å². The quantitative estimate of drug-likeness (QED) is 0.384. The molecule has 18 heavy (non-hydrogen) atoms. The summed E-state index contributed by atoms with van der Waals surface area (Å²) in [6.45, 7) is 3.45. The van der Waals surface area contributed by atoms with Crippen LogP contribution in [0.15, 0.2) is 0 Å². The minimum absolute atomic E-state index is 0.00401. The highest BCUT2D eigenvalue weighted by molar-refractivity contribution is 5.86. The molecule has 8 nitrogen and oxygen atoms in total. The highest BCUT2D eigenvalue weighted by atomic mass is 16.4. The Balaban J connectivity index is 4.19. The van der Waals surface area contributed by atoms with E-state index in [1.54, 1.807) is 13.8 Å². The highest BCUT2D eigenvalue weighted by Gasteiger charge is 2.23. The first-order chi connectivity index (χ1) is 8.25. The summed E-state index contributed by atoms with van der Waals surface area (Å²) in [4.78, 5) is 32.7. The van der Waals surface area contributed by atoms with E-state index in [4.69, 9.17) is 15.9 Å². The van der Waals surface area contributed by atoms with Gasteiger partial charge in [-0.2, -0.15) is 0 Å². The van der Waals surface area contributed by atoms with Crippen LogP contribution in [0, 0.1) is 5.92 Å². The van der Waals surface area contributed by atoms with Crippen LogP contribution >= 0.6 is 0 Å². The fourth-order valence-corrected chi connectivity index (χ4v) is 1.25. The number of hydrogen-bond donors (Lipinski definition) is 5. The number of carboxylic acids is 1. The van der Waals surface area contributed by atoms with Crippen LogP contribution in [0.2, 0.25) is 0 Å². The molecule has 0 saturated carbocycles. The van der Waals surface area contributed by atoms with E-state index in [1.807, 2.05) is 0 Å². The molecule has 0 heterocycles. The molecule has 0 aliphatic heterocycles. The second-order valence-electron chi connectivity index (χ2n) is 4.16. The zero-order valence-electron chi connectivity index (χ0n) is 10.3. The van der Waals surface area contributed by atoms with Crippen molar-refractivity contribution in [3.63, 3.8) is 0 Å². The average Bonchev–Trinajstić information content (AvgIpc) is 2.24. The van der Waals surface area contributed by atoms with E-state index < -0.39 is 30.1 Å². The van der Waals surface area contributed by atoms with Crippen molar-refractivity contribution in [1.29, 1.82) is 0 Å². The van der Waals surface area contributed by atoms with Gasteiger partial charge in [0, 0.05) is 13.0 Å². The maximum absolute atomic E-state index is 11.7. The van der Waals surface area contributed by atoms with Gasteiger partial charge in [0.25, 0.3) is 0 Å². The molecule has 0 spiro atoms. The fourth-order valence-electron chi connectivity index (χ4n) is 1.25. The normalized spacial score (nSPS) is 13.8. The second-order valence-corrected chi connectivity index (χ2v) is 4.16. The van der Waals surface area contributed by atoms with Gasteiger partial charge in [0.1, 0.15) is 6.04 Å². The second kappa shape index (κ2) is 7.49. The summed E-state index contributed by atoms with van der Waals surface area (Å²) in [5.74, 6) is -1.98. The van der Waals surface area contributed by atoms with E-state index in [2.05, 4.69) is 10.6 Å². The molecule has 104 valence electrons. The van der Waals surface area contributed by atoms with Crippen LogP contribution < -0.4 is 16.4 Å². The first-order valence-electron chi connectivity index (χ1n) is 5.50. The van der Waals surface area contributed by atoms with Gasteiger partial charge in [-0.15, -0.1) is 0 Å². The van der Waals surface area contributed by atoms with Gasteiger partial charge in [-0.25, -0.2) is 9.59 Å². The van der Waals surface area contributed by atoms with Crippen molar-refractivity contribution in [1.82, 2.24) is 10.6 Å². The van der Waals surface area contributed by atoms with Crippen LogP contribution in [0.4, 0.5) is 4.79 Å². The standard InChI is InChI=1S/C10H19N3O5/c1-5(2)7(13-10(11)18)8(15)12-4-3-6(14)9(16)17/h5-7,14H,3-4H2,1-2H3,(H,12,15)(H,16,17)(H3,11,13,18)/t6-,7?/m0/s1. The Labute approximate surface area is 105 Å². The minimum atomic E-state index is -1.52. The summed E-state index contributed by atoms with van der Waals surface area (Å²) in [6.07, 6.45) is -1.63. The first-order valence-corrected chi connectivity index (χ1v) is 5.50. The van der Waals surface area contributed by atoms with Crippen molar-refractivity contribution >= 4 is 17.9 Å². The van der Waals surface area contributed by atoms with E-state index in [9.17, 15) is 14.4 Å². The maximum atomic E-state index is 11.7. The Morgan fingerprint density at radius 2 is 1.83 bits per heavy atom. The predicted octanol–water partition coefficient (Wildman–Crippen LogP) is -1.37. The predicted molar refractivity (Wildman–Crippen MR) is 62.6 cm³/mol. The number of nitrogens with two attached hydrogens (primary N) is 1. The summed E-state index contributed by atoms with van der Waals surface area (Å²) in [5, 5.41) is 22.1. The topological polar surface area (TPSA) is 142 Å². The number of primary amides is 1. The molecule has 0 aromatic heterocycles. The van der Waals surface area contributed by atoms with Gasteiger partial charge in [-0.05, 0) is 5.92 Å². The number of carboxylic acid groups (broad SMARTS) is 1. The lowest BCUT2D eigenvalue weighted by Crippen LogP contribution is -2.51. The smallest absolute Gasteiger partial charge is 0.332 e. The SMILES string of the molecule is CC(C)C(NC(N)=O)C(=O)NCC[C@H](O)C(=O)O. The number of hydrogen-bond acceptors (Lipinski definition) is 4. The van der Waals surface area contributed by atoms with Crippen LogP contribution in [0.3, 0.4) is 0 Å². The minimum Gasteiger partial charge on any atom is -0.479 e. The third kappa shape index (κ3) is 6.04. The molecule has 0 fully saturated rings. The van der Waals surface area contributed by atoms with E-state index in [-0.39, 0.29) is 18.9 Å². The Hall–Kier alpha value is -1.83. The molecule has 0 aliphatic carbocycles. The molecule has 1 unspecified atom stereocenters. The van der Waals surface area contributed by atoms with Gasteiger partial charge in [0.2, 0.25) is 5.91 Å². The van der Waals surface area contributed by atoms with Crippen molar-refractivity contribution in [2.75, 3.05) is 6.54 Å². The first kappa shape index (κ1) is 16.2. The van der Waals surface area contributed by atoms with Gasteiger partial charge in [0.05, 0.1) is 0 Å². The monoisotopic (exact) mass is 261 g/mol. The third-order valence-electron chi connectivity index (χ3n) is 2.25. The van der Waals surface area contributed by atoms with E-state index >= 15 is 0 Å². The largest absolute Gasteiger partial charge is 0.479 e. The van der Waals surface area contributed by atoms with Crippen LogP contribution in [-0.4, -0.2) is 46.8 Å².